The Morgan fingerprint density at radius 3 is 2.85 bits per heavy atom. The fourth-order valence-electron chi connectivity index (χ4n) is 2.31. The lowest BCUT2D eigenvalue weighted by molar-refractivity contribution is -0.148. The number of benzene rings is 1. The molecule has 1 aromatic carbocycles. The number of hydrogen-bond donors (Lipinski definition) is 2. The van der Waals surface area contributed by atoms with Gasteiger partial charge in [0.25, 0.3) is 5.91 Å². The van der Waals surface area contributed by atoms with Crippen molar-refractivity contribution in [2.75, 3.05) is 13.7 Å². The van der Waals surface area contributed by atoms with Gasteiger partial charge in [-0.15, -0.1) is 0 Å². The van der Waals surface area contributed by atoms with Gasteiger partial charge in [-0.2, -0.15) is 0 Å². The fraction of sp³-hybridized carbons (Fsp3) is 0.533. The van der Waals surface area contributed by atoms with E-state index in [9.17, 15) is 9.90 Å². The second-order valence-electron chi connectivity index (χ2n) is 5.20. The molecule has 1 aliphatic carbocycles. The van der Waals surface area contributed by atoms with Crippen LogP contribution >= 0.6 is 15.9 Å². The van der Waals surface area contributed by atoms with E-state index in [1.54, 1.807) is 7.11 Å². The van der Waals surface area contributed by atoms with Gasteiger partial charge in [-0.25, -0.2) is 0 Å². The Bertz CT molecular complexity index is 486. The van der Waals surface area contributed by atoms with Crippen LogP contribution in [0.25, 0.3) is 0 Å². The van der Waals surface area contributed by atoms with Crippen LogP contribution in [0.1, 0.15) is 31.2 Å². The molecule has 0 unspecified atom stereocenters. The Morgan fingerprint density at radius 1 is 1.50 bits per heavy atom. The van der Waals surface area contributed by atoms with E-state index in [0.29, 0.717) is 19.4 Å². The van der Waals surface area contributed by atoms with Gasteiger partial charge in [0.2, 0.25) is 0 Å². The maximum absolute atomic E-state index is 11.7. The van der Waals surface area contributed by atoms with Crippen LogP contribution in [0.2, 0.25) is 0 Å². The third-order valence-corrected chi connectivity index (χ3v) is 4.25. The zero-order valence-electron chi connectivity index (χ0n) is 11.6. The molecule has 0 bridgehead atoms. The number of methoxy groups -OCH3 is 1. The van der Waals surface area contributed by atoms with E-state index in [0.717, 1.165) is 35.0 Å². The van der Waals surface area contributed by atoms with Crippen molar-refractivity contribution >= 4 is 21.8 Å². The summed E-state index contributed by atoms with van der Waals surface area (Å²) < 4.78 is 6.31. The van der Waals surface area contributed by atoms with Crippen LogP contribution in [-0.2, 0) is 11.2 Å². The number of hydrogen-bond acceptors (Lipinski definition) is 3. The molecule has 2 N–H and O–H groups in total. The number of amides is 1. The average molecular weight is 342 g/mol. The molecule has 110 valence electrons. The number of aryl methyl sites for hydroxylation is 1. The summed E-state index contributed by atoms with van der Waals surface area (Å²) >= 11 is 3.41. The maximum atomic E-state index is 11.7. The molecular weight excluding hydrogens is 322 g/mol. The first-order valence-electron chi connectivity index (χ1n) is 6.88. The van der Waals surface area contributed by atoms with Crippen molar-refractivity contribution in [2.24, 2.45) is 0 Å². The Balaban J connectivity index is 1.77. The van der Waals surface area contributed by atoms with Crippen LogP contribution < -0.4 is 10.1 Å². The first-order chi connectivity index (χ1) is 9.55. The molecule has 1 fully saturated rings. The van der Waals surface area contributed by atoms with Crippen LogP contribution in [0.3, 0.4) is 0 Å². The molecule has 1 aliphatic rings. The molecule has 0 aliphatic heterocycles. The van der Waals surface area contributed by atoms with Gasteiger partial charge in [-0.3, -0.25) is 4.79 Å². The molecule has 2 rings (SSSR count). The van der Waals surface area contributed by atoms with Crippen LogP contribution in [0.4, 0.5) is 0 Å². The van der Waals surface area contributed by atoms with Crippen molar-refractivity contribution < 1.29 is 14.6 Å². The number of rotatable bonds is 6. The smallest absolute Gasteiger partial charge is 0.251 e. The van der Waals surface area contributed by atoms with Gasteiger partial charge in [-0.1, -0.05) is 22.0 Å². The number of ether oxygens (including phenoxy) is 1. The molecule has 0 aromatic heterocycles. The highest BCUT2D eigenvalue weighted by Gasteiger charge is 2.41. The summed E-state index contributed by atoms with van der Waals surface area (Å²) in [5, 5.41) is 12.7. The molecule has 4 nitrogen and oxygen atoms in total. The summed E-state index contributed by atoms with van der Waals surface area (Å²) in [6.45, 7) is 0.570. The summed E-state index contributed by atoms with van der Waals surface area (Å²) in [5.74, 6) is 0.620. The van der Waals surface area contributed by atoms with E-state index in [4.69, 9.17) is 4.74 Å². The van der Waals surface area contributed by atoms with E-state index in [-0.39, 0.29) is 5.91 Å². The second kappa shape index (κ2) is 6.59. The Labute approximate surface area is 127 Å². The monoisotopic (exact) mass is 341 g/mol. The van der Waals surface area contributed by atoms with Gasteiger partial charge >= 0.3 is 0 Å². The highest BCUT2D eigenvalue weighted by atomic mass is 79.9. The minimum atomic E-state index is -1.10. The molecule has 5 heteroatoms. The topological polar surface area (TPSA) is 58.6 Å². The van der Waals surface area contributed by atoms with Gasteiger partial charge in [0, 0.05) is 11.0 Å². The largest absolute Gasteiger partial charge is 0.496 e. The van der Waals surface area contributed by atoms with E-state index < -0.39 is 5.60 Å². The standard InChI is InChI=1S/C15H20BrNO3/c1-20-13-10-12(16)6-5-11(13)4-2-9-17-14(18)15(19)7-3-8-15/h5-6,10,19H,2-4,7-9H2,1H3,(H,17,18). The van der Waals surface area contributed by atoms with Gasteiger partial charge < -0.3 is 15.2 Å². The molecule has 0 saturated heterocycles. The first kappa shape index (κ1) is 15.3. The molecule has 0 heterocycles. The molecule has 1 amide bonds. The quantitative estimate of drug-likeness (QED) is 0.781. The molecule has 1 aromatic rings. The lowest BCUT2D eigenvalue weighted by Crippen LogP contribution is -2.51. The number of nitrogens with one attached hydrogen (secondary N) is 1. The van der Waals surface area contributed by atoms with E-state index in [2.05, 4.69) is 21.2 Å². The van der Waals surface area contributed by atoms with Crippen LogP contribution in [-0.4, -0.2) is 30.3 Å². The molecular formula is C15H20BrNO3. The minimum absolute atomic E-state index is 0.230. The van der Waals surface area contributed by atoms with Gasteiger partial charge in [0.1, 0.15) is 11.4 Å². The summed E-state index contributed by atoms with van der Waals surface area (Å²) in [5.41, 5.74) is 0.0160. The Kier molecular flexibility index (Phi) is 5.05. The lowest BCUT2D eigenvalue weighted by atomic mass is 9.79. The van der Waals surface area contributed by atoms with Crippen molar-refractivity contribution in [3.8, 4) is 5.75 Å². The highest BCUT2D eigenvalue weighted by Crippen LogP contribution is 2.31. The Hall–Kier alpha value is -1.07. The van der Waals surface area contributed by atoms with Gasteiger partial charge in [-0.05, 0) is 49.8 Å². The summed E-state index contributed by atoms with van der Waals surface area (Å²) in [6, 6.07) is 5.93. The lowest BCUT2D eigenvalue weighted by Gasteiger charge is -2.34. The maximum Gasteiger partial charge on any atom is 0.251 e. The first-order valence-corrected chi connectivity index (χ1v) is 7.67. The number of carbonyl (C=O) groups excluding carboxylic acids is 1. The van der Waals surface area contributed by atoms with Crippen molar-refractivity contribution in [3.05, 3.63) is 28.2 Å². The van der Waals surface area contributed by atoms with E-state index in [1.165, 1.54) is 0 Å². The number of carbonyl (C=O) groups is 1. The van der Waals surface area contributed by atoms with Gasteiger partial charge in [0.05, 0.1) is 7.11 Å². The van der Waals surface area contributed by atoms with E-state index >= 15 is 0 Å². The highest BCUT2D eigenvalue weighted by molar-refractivity contribution is 9.10. The summed E-state index contributed by atoms with van der Waals surface area (Å²) in [7, 11) is 1.65. The van der Waals surface area contributed by atoms with Crippen molar-refractivity contribution in [1.82, 2.24) is 5.32 Å². The predicted octanol–water partition coefficient (Wildman–Crippen LogP) is 2.42. The van der Waals surface area contributed by atoms with Crippen LogP contribution in [0, 0.1) is 0 Å². The predicted molar refractivity (Wildman–Crippen MR) is 80.8 cm³/mol. The fourth-order valence-corrected chi connectivity index (χ4v) is 2.65. The Morgan fingerprint density at radius 2 is 2.25 bits per heavy atom. The second-order valence-corrected chi connectivity index (χ2v) is 6.12. The number of halogens is 1. The number of aliphatic hydroxyl groups is 1. The SMILES string of the molecule is COc1cc(Br)ccc1CCCNC(=O)C1(O)CCC1. The molecule has 0 radical (unpaired) electrons. The van der Waals surface area contributed by atoms with Crippen molar-refractivity contribution in [3.63, 3.8) is 0 Å². The third-order valence-electron chi connectivity index (χ3n) is 3.76. The normalized spacial score (nSPS) is 16.4. The van der Waals surface area contributed by atoms with Crippen LogP contribution in [0.15, 0.2) is 22.7 Å². The zero-order valence-corrected chi connectivity index (χ0v) is 13.2. The van der Waals surface area contributed by atoms with Gasteiger partial charge in [0.15, 0.2) is 0 Å². The van der Waals surface area contributed by atoms with Crippen molar-refractivity contribution in [1.29, 1.82) is 0 Å². The molecule has 0 spiro atoms. The van der Waals surface area contributed by atoms with E-state index in [1.807, 2.05) is 18.2 Å². The summed E-state index contributed by atoms with van der Waals surface area (Å²) in [4.78, 5) is 11.7. The molecule has 0 atom stereocenters. The molecule has 20 heavy (non-hydrogen) atoms. The van der Waals surface area contributed by atoms with Crippen molar-refractivity contribution in [2.45, 2.75) is 37.7 Å². The zero-order chi connectivity index (χ0) is 14.6. The average Bonchev–Trinajstić information content (AvgIpc) is 2.41. The minimum Gasteiger partial charge on any atom is -0.496 e. The van der Waals surface area contributed by atoms with Crippen LogP contribution in [0.5, 0.6) is 5.75 Å². The summed E-state index contributed by atoms with van der Waals surface area (Å²) in [6.07, 6.45) is 3.74. The molecule has 1 saturated carbocycles. The third kappa shape index (κ3) is 3.52.